The highest BCUT2D eigenvalue weighted by molar-refractivity contribution is 7.16. The van der Waals surface area contributed by atoms with Gasteiger partial charge in [0.15, 0.2) is 4.47 Å². The molecule has 0 bridgehead atoms. The lowest BCUT2D eigenvalue weighted by Gasteiger charge is -2.27. The summed E-state index contributed by atoms with van der Waals surface area (Å²) in [7, 11) is 0. The molecule has 5 nitrogen and oxygen atoms in total. The smallest absolute Gasteiger partial charge is 0.255 e. The van der Waals surface area contributed by atoms with E-state index in [9.17, 15) is 4.79 Å². The number of hydrogen-bond acceptors (Lipinski definition) is 5. The van der Waals surface area contributed by atoms with E-state index in [-0.39, 0.29) is 5.56 Å². The number of hydrogen-bond donors (Lipinski definition) is 1. The number of aromatic nitrogens is 3. The number of benzene rings is 1. The predicted molar refractivity (Wildman–Crippen MR) is 100 cm³/mol. The van der Waals surface area contributed by atoms with E-state index >= 15 is 0 Å². The summed E-state index contributed by atoms with van der Waals surface area (Å²) in [5.74, 6) is 0.620. The van der Waals surface area contributed by atoms with Crippen LogP contribution in [0.5, 0.6) is 0 Å². The highest BCUT2D eigenvalue weighted by Crippen LogP contribution is 2.29. The first-order chi connectivity index (χ1) is 12.1. The number of nitrogens with zero attached hydrogens (tertiary/aromatic N) is 3. The second-order valence-corrected chi connectivity index (χ2v) is 7.87. The highest BCUT2D eigenvalue weighted by atomic mass is 35.5. The molecular formula is C17H14Cl2N4OS. The van der Waals surface area contributed by atoms with Gasteiger partial charge in [-0.2, -0.15) is 0 Å². The van der Waals surface area contributed by atoms with E-state index in [4.69, 9.17) is 23.2 Å². The number of thiazole rings is 1. The van der Waals surface area contributed by atoms with Gasteiger partial charge in [0.2, 0.25) is 0 Å². The van der Waals surface area contributed by atoms with Gasteiger partial charge in [0.25, 0.3) is 5.56 Å². The van der Waals surface area contributed by atoms with Crippen molar-refractivity contribution in [3.63, 3.8) is 0 Å². The van der Waals surface area contributed by atoms with Gasteiger partial charge in [-0.1, -0.05) is 53.5 Å². The molecule has 0 radical (unpaired) electrons. The normalized spacial score (nSPS) is 14.5. The Balaban J connectivity index is 1.59. The van der Waals surface area contributed by atoms with Crippen molar-refractivity contribution in [2.24, 2.45) is 0 Å². The van der Waals surface area contributed by atoms with Crippen LogP contribution in [0.2, 0.25) is 9.62 Å². The third kappa shape index (κ3) is 3.48. The molecule has 128 valence electrons. The molecule has 3 heterocycles. The quantitative estimate of drug-likeness (QED) is 0.736. The van der Waals surface area contributed by atoms with Crippen LogP contribution < -0.4 is 5.56 Å². The van der Waals surface area contributed by atoms with Crippen molar-refractivity contribution in [1.29, 1.82) is 0 Å². The minimum Gasteiger partial charge on any atom is -0.306 e. The number of aromatic amines is 1. The van der Waals surface area contributed by atoms with Crippen LogP contribution in [0.1, 0.15) is 16.1 Å². The van der Waals surface area contributed by atoms with Crippen LogP contribution in [-0.2, 0) is 19.5 Å². The molecule has 1 aromatic carbocycles. The second-order valence-electron chi connectivity index (χ2n) is 5.85. The lowest BCUT2D eigenvalue weighted by Crippen LogP contribution is -2.35. The van der Waals surface area contributed by atoms with Crippen molar-refractivity contribution in [3.05, 3.63) is 66.4 Å². The molecule has 0 saturated heterocycles. The van der Waals surface area contributed by atoms with Crippen molar-refractivity contribution in [3.8, 4) is 11.4 Å². The van der Waals surface area contributed by atoms with E-state index in [1.807, 2.05) is 30.3 Å². The van der Waals surface area contributed by atoms with E-state index < -0.39 is 0 Å². The molecule has 1 aliphatic heterocycles. The summed E-state index contributed by atoms with van der Waals surface area (Å²) in [6, 6.07) is 9.68. The molecule has 1 aliphatic rings. The maximum absolute atomic E-state index is 12.5. The Labute approximate surface area is 158 Å². The van der Waals surface area contributed by atoms with Gasteiger partial charge in [-0.3, -0.25) is 9.69 Å². The van der Waals surface area contributed by atoms with Crippen LogP contribution in [0, 0.1) is 0 Å². The third-order valence-corrected chi connectivity index (χ3v) is 5.75. The van der Waals surface area contributed by atoms with Crippen LogP contribution in [0.3, 0.4) is 0 Å². The number of rotatable bonds is 3. The van der Waals surface area contributed by atoms with Gasteiger partial charge in [0.05, 0.1) is 16.1 Å². The van der Waals surface area contributed by atoms with E-state index in [1.54, 1.807) is 0 Å². The Morgan fingerprint density at radius 1 is 1.20 bits per heavy atom. The monoisotopic (exact) mass is 392 g/mol. The molecule has 0 unspecified atom stereocenters. The van der Waals surface area contributed by atoms with E-state index in [0.717, 1.165) is 34.7 Å². The minimum absolute atomic E-state index is 0.0815. The van der Waals surface area contributed by atoms with Crippen molar-refractivity contribution < 1.29 is 0 Å². The molecule has 0 aliphatic carbocycles. The van der Waals surface area contributed by atoms with Crippen LogP contribution in [0.4, 0.5) is 0 Å². The molecule has 0 atom stereocenters. The van der Waals surface area contributed by atoms with Crippen molar-refractivity contribution in [1.82, 2.24) is 19.9 Å². The zero-order valence-corrected chi connectivity index (χ0v) is 15.5. The van der Waals surface area contributed by atoms with Crippen LogP contribution in [-0.4, -0.2) is 26.4 Å². The summed E-state index contributed by atoms with van der Waals surface area (Å²) in [6.45, 7) is 1.98. The topological polar surface area (TPSA) is 61.9 Å². The first kappa shape index (κ1) is 16.7. The second kappa shape index (κ2) is 6.88. The fourth-order valence-corrected chi connectivity index (χ4v) is 4.39. The maximum Gasteiger partial charge on any atom is 0.255 e. The Bertz CT molecular complexity index is 971. The Morgan fingerprint density at radius 2 is 2.00 bits per heavy atom. The lowest BCUT2D eigenvalue weighted by atomic mass is 10.1. The third-order valence-electron chi connectivity index (χ3n) is 4.19. The van der Waals surface area contributed by atoms with E-state index in [0.29, 0.717) is 28.5 Å². The summed E-state index contributed by atoms with van der Waals surface area (Å²) >= 11 is 13.4. The van der Waals surface area contributed by atoms with Gasteiger partial charge in [0.1, 0.15) is 11.0 Å². The maximum atomic E-state index is 12.5. The van der Waals surface area contributed by atoms with Gasteiger partial charge >= 0.3 is 0 Å². The molecule has 4 rings (SSSR count). The van der Waals surface area contributed by atoms with Crippen molar-refractivity contribution >= 4 is 34.5 Å². The number of nitrogens with one attached hydrogen (secondary N) is 1. The predicted octanol–water partition coefficient (Wildman–Crippen LogP) is 3.76. The van der Waals surface area contributed by atoms with E-state index in [2.05, 4.69) is 19.9 Å². The van der Waals surface area contributed by atoms with Crippen LogP contribution >= 0.6 is 34.5 Å². The number of fused-ring (bicyclic) bond motifs is 1. The number of H-pyrrole nitrogens is 1. The first-order valence-electron chi connectivity index (χ1n) is 7.80. The zero-order valence-electron chi connectivity index (χ0n) is 13.1. The summed E-state index contributed by atoms with van der Waals surface area (Å²) in [5, 5.41) is 0.437. The van der Waals surface area contributed by atoms with E-state index in [1.165, 1.54) is 11.3 Å². The van der Waals surface area contributed by atoms with Gasteiger partial charge in [-0.15, -0.1) is 11.3 Å². The van der Waals surface area contributed by atoms with Gasteiger partial charge < -0.3 is 4.98 Å². The molecule has 1 N–H and O–H groups in total. The van der Waals surface area contributed by atoms with Crippen molar-refractivity contribution in [2.45, 2.75) is 19.5 Å². The van der Waals surface area contributed by atoms with Gasteiger partial charge in [0, 0.05) is 31.6 Å². The average Bonchev–Trinajstić information content (AvgIpc) is 2.93. The Morgan fingerprint density at radius 3 is 2.72 bits per heavy atom. The molecule has 2 aromatic heterocycles. The fraction of sp³-hybridized carbons (Fsp3) is 0.235. The molecule has 0 spiro atoms. The average molecular weight is 393 g/mol. The molecule has 25 heavy (non-hydrogen) atoms. The standard InChI is InChI=1S/C17H14Cl2N4OS/c18-14-13(25-17(19)21-14)9-23-7-6-12-11(8-23)16(24)22-15(20-12)10-4-2-1-3-5-10/h1-5H,6-9H2,(H,20,22,24). The number of halogens is 2. The van der Waals surface area contributed by atoms with Crippen LogP contribution in [0.15, 0.2) is 35.1 Å². The molecule has 0 fully saturated rings. The summed E-state index contributed by atoms with van der Waals surface area (Å²) in [5.41, 5.74) is 2.42. The Kier molecular flexibility index (Phi) is 4.60. The minimum atomic E-state index is -0.0815. The van der Waals surface area contributed by atoms with Gasteiger partial charge in [-0.25, -0.2) is 9.97 Å². The largest absolute Gasteiger partial charge is 0.306 e. The van der Waals surface area contributed by atoms with Gasteiger partial charge in [-0.05, 0) is 0 Å². The lowest BCUT2D eigenvalue weighted by molar-refractivity contribution is 0.244. The van der Waals surface area contributed by atoms with Crippen LogP contribution in [0.25, 0.3) is 11.4 Å². The first-order valence-corrected chi connectivity index (χ1v) is 9.38. The summed E-state index contributed by atoms with van der Waals surface area (Å²) in [6.07, 6.45) is 0.725. The highest BCUT2D eigenvalue weighted by Gasteiger charge is 2.23. The summed E-state index contributed by atoms with van der Waals surface area (Å²) < 4.78 is 0.435. The fourth-order valence-electron chi connectivity index (χ4n) is 2.96. The Hall–Kier alpha value is -1.73. The molecular weight excluding hydrogens is 379 g/mol. The molecule has 8 heteroatoms. The zero-order chi connectivity index (χ0) is 17.4. The molecule has 0 saturated carbocycles. The SMILES string of the molecule is O=c1[nH]c(-c2ccccc2)nc2c1CN(Cc1sc(Cl)nc1Cl)CC2. The summed E-state index contributed by atoms with van der Waals surface area (Å²) in [4.78, 5) is 27.2. The molecule has 3 aromatic rings. The molecule has 0 amide bonds. The van der Waals surface area contributed by atoms with Crippen molar-refractivity contribution in [2.75, 3.05) is 6.54 Å².